The second kappa shape index (κ2) is 6.23. The monoisotopic (exact) mass is 272 g/mol. The van der Waals surface area contributed by atoms with Crippen molar-refractivity contribution in [2.45, 2.75) is 51.7 Å². The Balaban J connectivity index is 2.34. The van der Waals surface area contributed by atoms with Gasteiger partial charge >= 0.3 is 12.0 Å². The van der Waals surface area contributed by atoms with Gasteiger partial charge in [0, 0.05) is 6.04 Å². The van der Waals surface area contributed by atoms with E-state index < -0.39 is 17.6 Å². The summed E-state index contributed by atoms with van der Waals surface area (Å²) >= 11 is 0. The summed E-state index contributed by atoms with van der Waals surface area (Å²) in [6.45, 7) is 5.23. The molecule has 0 radical (unpaired) electrons. The quantitative estimate of drug-likeness (QED) is 0.612. The summed E-state index contributed by atoms with van der Waals surface area (Å²) in [6.07, 6.45) is 2.96. The van der Waals surface area contributed by atoms with Gasteiger partial charge in [0.15, 0.2) is 5.60 Å². The van der Waals surface area contributed by atoms with Crippen molar-refractivity contribution >= 4 is 12.0 Å². The van der Waals surface area contributed by atoms with Crippen LogP contribution in [0.25, 0.3) is 0 Å². The van der Waals surface area contributed by atoms with E-state index in [1.54, 1.807) is 0 Å². The van der Waals surface area contributed by atoms with Crippen LogP contribution in [0.15, 0.2) is 0 Å². The summed E-state index contributed by atoms with van der Waals surface area (Å²) in [5.74, 6) is -0.108. The highest BCUT2D eigenvalue weighted by atomic mass is 16.4. The maximum absolute atomic E-state index is 11.6. The number of rotatable bonds is 4. The summed E-state index contributed by atoms with van der Waals surface area (Å²) < 4.78 is 0. The number of urea groups is 1. The van der Waals surface area contributed by atoms with Gasteiger partial charge in [-0.25, -0.2) is 9.59 Å². The van der Waals surface area contributed by atoms with Crippen LogP contribution < -0.4 is 10.6 Å². The summed E-state index contributed by atoms with van der Waals surface area (Å²) in [5, 5.41) is 23.4. The molecule has 0 aromatic carbocycles. The second-order valence-electron chi connectivity index (χ2n) is 5.87. The molecule has 1 aliphatic carbocycles. The van der Waals surface area contributed by atoms with E-state index in [2.05, 4.69) is 24.5 Å². The minimum absolute atomic E-state index is 0.126. The molecular formula is C13H24N2O4. The average molecular weight is 272 g/mol. The van der Waals surface area contributed by atoms with Crippen LogP contribution in [-0.4, -0.2) is 40.4 Å². The third kappa shape index (κ3) is 4.70. The van der Waals surface area contributed by atoms with Crippen LogP contribution in [0.5, 0.6) is 0 Å². The van der Waals surface area contributed by atoms with E-state index in [-0.39, 0.29) is 12.6 Å². The van der Waals surface area contributed by atoms with Gasteiger partial charge in [0.25, 0.3) is 0 Å². The first-order chi connectivity index (χ1) is 8.72. The Morgan fingerprint density at radius 3 is 2.42 bits per heavy atom. The van der Waals surface area contributed by atoms with Crippen molar-refractivity contribution in [2.75, 3.05) is 6.54 Å². The lowest BCUT2D eigenvalue weighted by molar-refractivity contribution is -0.155. The third-order valence-corrected chi connectivity index (χ3v) is 3.99. The van der Waals surface area contributed by atoms with Gasteiger partial charge in [-0.15, -0.1) is 0 Å². The van der Waals surface area contributed by atoms with Crippen LogP contribution in [0.2, 0.25) is 0 Å². The highest BCUT2D eigenvalue weighted by Gasteiger charge is 2.31. The minimum Gasteiger partial charge on any atom is -0.479 e. The molecule has 6 nitrogen and oxygen atoms in total. The van der Waals surface area contributed by atoms with Crippen LogP contribution in [0, 0.1) is 11.8 Å². The largest absolute Gasteiger partial charge is 0.479 e. The normalized spacial score (nSPS) is 30.2. The SMILES string of the molecule is CC1CCC(NC(=O)NCC(C)(O)C(=O)O)CC1C. The first-order valence-corrected chi connectivity index (χ1v) is 6.72. The van der Waals surface area contributed by atoms with E-state index in [4.69, 9.17) is 5.11 Å². The van der Waals surface area contributed by atoms with E-state index in [1.807, 2.05) is 0 Å². The maximum Gasteiger partial charge on any atom is 0.337 e. The van der Waals surface area contributed by atoms with Crippen LogP contribution in [-0.2, 0) is 4.79 Å². The topological polar surface area (TPSA) is 98.7 Å². The zero-order valence-electron chi connectivity index (χ0n) is 11.8. The number of carboxylic acids is 1. The van der Waals surface area contributed by atoms with E-state index >= 15 is 0 Å². The number of carboxylic acid groups (broad SMARTS) is 1. The van der Waals surface area contributed by atoms with E-state index in [9.17, 15) is 14.7 Å². The Morgan fingerprint density at radius 1 is 1.26 bits per heavy atom. The Labute approximate surface area is 113 Å². The first-order valence-electron chi connectivity index (χ1n) is 6.72. The van der Waals surface area contributed by atoms with Crippen LogP contribution in [0.3, 0.4) is 0 Å². The van der Waals surface area contributed by atoms with Crippen LogP contribution in [0.1, 0.15) is 40.0 Å². The van der Waals surface area contributed by atoms with Gasteiger partial charge in [0.1, 0.15) is 0 Å². The van der Waals surface area contributed by atoms with Crippen molar-refractivity contribution in [1.29, 1.82) is 0 Å². The smallest absolute Gasteiger partial charge is 0.337 e. The molecule has 4 atom stereocenters. The molecule has 110 valence electrons. The molecule has 4 unspecified atom stereocenters. The van der Waals surface area contributed by atoms with E-state index in [0.29, 0.717) is 11.8 Å². The lowest BCUT2D eigenvalue weighted by Crippen LogP contribution is -2.51. The Morgan fingerprint density at radius 2 is 1.89 bits per heavy atom. The minimum atomic E-state index is -1.94. The van der Waals surface area contributed by atoms with Crippen molar-refractivity contribution in [3.63, 3.8) is 0 Å². The molecule has 0 heterocycles. The van der Waals surface area contributed by atoms with Gasteiger partial charge in [-0.05, 0) is 38.0 Å². The molecule has 1 fully saturated rings. The van der Waals surface area contributed by atoms with Gasteiger partial charge < -0.3 is 20.8 Å². The molecule has 0 aromatic rings. The van der Waals surface area contributed by atoms with Gasteiger partial charge in [-0.3, -0.25) is 0 Å². The number of carbonyl (C=O) groups excluding carboxylic acids is 1. The van der Waals surface area contributed by atoms with Crippen molar-refractivity contribution in [2.24, 2.45) is 11.8 Å². The fourth-order valence-corrected chi connectivity index (χ4v) is 2.24. The van der Waals surface area contributed by atoms with Gasteiger partial charge in [-0.1, -0.05) is 13.8 Å². The van der Waals surface area contributed by atoms with Crippen molar-refractivity contribution < 1.29 is 19.8 Å². The summed E-state index contributed by atoms with van der Waals surface area (Å²) in [5.41, 5.74) is -1.94. The summed E-state index contributed by atoms with van der Waals surface area (Å²) in [4.78, 5) is 22.3. The lowest BCUT2D eigenvalue weighted by atomic mass is 9.79. The number of aliphatic carboxylic acids is 1. The van der Waals surface area contributed by atoms with Crippen molar-refractivity contribution in [3.05, 3.63) is 0 Å². The summed E-state index contributed by atoms with van der Waals surface area (Å²) in [7, 11) is 0. The predicted molar refractivity (Wildman–Crippen MR) is 70.8 cm³/mol. The third-order valence-electron chi connectivity index (χ3n) is 3.99. The number of aliphatic hydroxyl groups is 1. The molecule has 19 heavy (non-hydrogen) atoms. The average Bonchev–Trinajstić information content (AvgIpc) is 2.31. The van der Waals surface area contributed by atoms with Gasteiger partial charge in [-0.2, -0.15) is 0 Å². The van der Waals surface area contributed by atoms with Crippen molar-refractivity contribution in [3.8, 4) is 0 Å². The molecule has 1 rings (SSSR count). The number of carbonyl (C=O) groups is 2. The fraction of sp³-hybridized carbons (Fsp3) is 0.846. The van der Waals surface area contributed by atoms with Gasteiger partial charge in [0.05, 0.1) is 6.54 Å². The zero-order chi connectivity index (χ0) is 14.6. The van der Waals surface area contributed by atoms with E-state index in [1.165, 1.54) is 0 Å². The standard InChI is InChI=1S/C13H24N2O4/c1-8-4-5-10(6-9(8)2)15-12(18)14-7-13(3,19)11(16)17/h8-10,19H,4-7H2,1-3H3,(H,16,17)(H2,14,15,18). The lowest BCUT2D eigenvalue weighted by Gasteiger charge is -2.32. The Kier molecular flexibility index (Phi) is 5.17. The van der Waals surface area contributed by atoms with Gasteiger partial charge in [0.2, 0.25) is 0 Å². The first kappa shape index (κ1) is 15.8. The fourth-order valence-electron chi connectivity index (χ4n) is 2.24. The molecule has 1 aliphatic rings. The summed E-state index contributed by atoms with van der Waals surface area (Å²) in [6, 6.07) is -0.297. The molecule has 0 aromatic heterocycles. The Bertz CT molecular complexity index is 344. The molecule has 0 aliphatic heterocycles. The Hall–Kier alpha value is -1.30. The predicted octanol–water partition coefficient (Wildman–Crippen LogP) is 0.946. The highest BCUT2D eigenvalue weighted by Crippen LogP contribution is 2.29. The van der Waals surface area contributed by atoms with Crippen LogP contribution >= 0.6 is 0 Å². The maximum atomic E-state index is 11.6. The number of hydrogen-bond donors (Lipinski definition) is 4. The molecule has 1 saturated carbocycles. The van der Waals surface area contributed by atoms with E-state index in [0.717, 1.165) is 26.2 Å². The molecule has 0 saturated heterocycles. The molecule has 2 amide bonds. The van der Waals surface area contributed by atoms with Crippen molar-refractivity contribution in [1.82, 2.24) is 10.6 Å². The number of hydrogen-bond acceptors (Lipinski definition) is 3. The molecule has 0 bridgehead atoms. The molecule has 6 heteroatoms. The number of amides is 2. The second-order valence-corrected chi connectivity index (χ2v) is 5.87. The number of nitrogens with one attached hydrogen (secondary N) is 2. The zero-order valence-corrected chi connectivity index (χ0v) is 11.8. The highest BCUT2D eigenvalue weighted by molar-refractivity contribution is 5.79. The van der Waals surface area contributed by atoms with Crippen LogP contribution in [0.4, 0.5) is 4.79 Å². The molecule has 0 spiro atoms. The molecule has 4 N–H and O–H groups in total. The molecular weight excluding hydrogens is 248 g/mol.